The molecule has 10 heteroatoms. The summed E-state index contributed by atoms with van der Waals surface area (Å²) in [4.78, 5) is 63.2. The molecule has 2 N–H and O–H groups in total. The van der Waals surface area contributed by atoms with E-state index in [0.29, 0.717) is 16.1 Å². The van der Waals surface area contributed by atoms with Crippen LogP contribution in [0.25, 0.3) is 0 Å². The fourth-order valence-corrected chi connectivity index (χ4v) is 4.07. The molecule has 0 radical (unpaired) electrons. The summed E-state index contributed by atoms with van der Waals surface area (Å²) in [6.07, 6.45) is 0.0807. The maximum atomic E-state index is 13.0. The lowest BCUT2D eigenvalue weighted by atomic mass is 9.89. The second-order valence-electron chi connectivity index (χ2n) is 7.79. The van der Waals surface area contributed by atoms with Gasteiger partial charge in [0.15, 0.2) is 0 Å². The molecule has 2 heterocycles. The Balaban J connectivity index is 1.53. The zero-order valence-corrected chi connectivity index (χ0v) is 18.3. The Kier molecular flexibility index (Phi) is 5.52. The summed E-state index contributed by atoms with van der Waals surface area (Å²) >= 11 is 11.8. The van der Waals surface area contributed by atoms with Gasteiger partial charge in [-0.15, -0.1) is 0 Å². The molecule has 1 fully saturated rings. The summed E-state index contributed by atoms with van der Waals surface area (Å²) in [5.74, 6) is -2.72. The smallest absolute Gasteiger partial charge is 0.262 e. The first-order chi connectivity index (χ1) is 15.1. The van der Waals surface area contributed by atoms with E-state index >= 15 is 0 Å². The number of hydrogen-bond donors (Lipinski definition) is 2. The number of nitrogens with zero attached hydrogens (tertiary/aromatic N) is 1. The summed E-state index contributed by atoms with van der Waals surface area (Å²) in [6, 6.07) is 9.12. The lowest BCUT2D eigenvalue weighted by molar-refractivity contribution is -0.140. The van der Waals surface area contributed by atoms with Crippen molar-refractivity contribution in [2.45, 2.75) is 31.8 Å². The Morgan fingerprint density at radius 2 is 1.75 bits per heavy atom. The summed E-state index contributed by atoms with van der Waals surface area (Å²) in [7, 11) is 0. The maximum Gasteiger partial charge on any atom is 0.262 e. The van der Waals surface area contributed by atoms with Crippen LogP contribution < -0.4 is 10.6 Å². The number of rotatable bonds is 4. The number of benzene rings is 2. The quantitative estimate of drug-likeness (QED) is 0.662. The van der Waals surface area contributed by atoms with Crippen LogP contribution in [0.15, 0.2) is 36.4 Å². The first kappa shape index (κ1) is 22.0. The highest BCUT2D eigenvalue weighted by Gasteiger charge is 2.52. The van der Waals surface area contributed by atoms with Crippen molar-refractivity contribution in [2.24, 2.45) is 0 Å². The minimum atomic E-state index is -1.46. The van der Waals surface area contributed by atoms with Crippen molar-refractivity contribution in [1.29, 1.82) is 0 Å². The molecule has 1 atom stereocenters. The number of hydrogen-bond acceptors (Lipinski definition) is 5. The molecule has 0 spiro atoms. The van der Waals surface area contributed by atoms with E-state index in [9.17, 15) is 24.0 Å². The van der Waals surface area contributed by atoms with Crippen LogP contribution in [0.4, 0.5) is 0 Å². The number of carbonyl (C=O) groups excluding carboxylic acids is 5. The molecule has 1 saturated heterocycles. The predicted octanol–water partition coefficient (Wildman–Crippen LogP) is 2.71. The minimum Gasteiger partial charge on any atom is -0.348 e. The highest BCUT2D eigenvalue weighted by atomic mass is 35.5. The van der Waals surface area contributed by atoms with Crippen LogP contribution in [0, 0.1) is 0 Å². The van der Waals surface area contributed by atoms with Crippen LogP contribution in [-0.4, -0.2) is 40.0 Å². The molecule has 5 amide bonds. The molecule has 8 nitrogen and oxygen atoms in total. The van der Waals surface area contributed by atoms with Crippen LogP contribution in [0.3, 0.4) is 0 Å². The van der Waals surface area contributed by atoms with Crippen molar-refractivity contribution in [3.8, 4) is 0 Å². The number of imide groups is 2. The van der Waals surface area contributed by atoms with Gasteiger partial charge in [0.1, 0.15) is 5.54 Å². The molecule has 4 rings (SSSR count). The fraction of sp³-hybridized carbons (Fsp3) is 0.227. The molecule has 1 unspecified atom stereocenters. The Hall–Kier alpha value is -3.23. The third-order valence-corrected chi connectivity index (χ3v) is 6.40. The molecule has 0 aliphatic carbocycles. The fourth-order valence-electron chi connectivity index (χ4n) is 3.78. The van der Waals surface area contributed by atoms with Gasteiger partial charge in [0.2, 0.25) is 5.91 Å². The molecular weight excluding hydrogens is 457 g/mol. The summed E-state index contributed by atoms with van der Waals surface area (Å²) in [6.45, 7) is 1.56. The molecule has 164 valence electrons. The van der Waals surface area contributed by atoms with Crippen molar-refractivity contribution in [3.63, 3.8) is 0 Å². The largest absolute Gasteiger partial charge is 0.348 e. The van der Waals surface area contributed by atoms with E-state index in [2.05, 4.69) is 10.6 Å². The van der Waals surface area contributed by atoms with Gasteiger partial charge in [-0.05, 0) is 49.2 Å². The number of amides is 5. The van der Waals surface area contributed by atoms with Crippen LogP contribution >= 0.6 is 23.2 Å². The van der Waals surface area contributed by atoms with Gasteiger partial charge in [-0.3, -0.25) is 34.2 Å². The maximum absolute atomic E-state index is 13.0. The minimum absolute atomic E-state index is 0.0294. The van der Waals surface area contributed by atoms with Crippen molar-refractivity contribution < 1.29 is 24.0 Å². The summed E-state index contributed by atoms with van der Waals surface area (Å²) in [5, 5.41) is 5.50. The van der Waals surface area contributed by atoms with Gasteiger partial charge in [-0.2, -0.15) is 0 Å². The van der Waals surface area contributed by atoms with Crippen molar-refractivity contribution >= 4 is 52.7 Å². The van der Waals surface area contributed by atoms with Crippen molar-refractivity contribution in [2.75, 3.05) is 0 Å². The van der Waals surface area contributed by atoms with E-state index in [0.717, 1.165) is 4.90 Å². The lowest BCUT2D eigenvalue weighted by Gasteiger charge is -2.38. The van der Waals surface area contributed by atoms with Crippen LogP contribution in [0.5, 0.6) is 0 Å². The van der Waals surface area contributed by atoms with Crippen LogP contribution in [0.2, 0.25) is 10.0 Å². The Labute approximate surface area is 192 Å². The highest BCUT2D eigenvalue weighted by molar-refractivity contribution is 6.42. The van der Waals surface area contributed by atoms with E-state index < -0.39 is 29.2 Å². The molecule has 0 aromatic heterocycles. The average Bonchev–Trinajstić information content (AvgIpc) is 3.01. The van der Waals surface area contributed by atoms with E-state index in [1.165, 1.54) is 37.3 Å². The second-order valence-corrected chi connectivity index (χ2v) is 8.60. The van der Waals surface area contributed by atoms with Gasteiger partial charge in [-0.1, -0.05) is 29.3 Å². The molecule has 0 saturated carbocycles. The normalized spacial score (nSPS) is 20.3. The van der Waals surface area contributed by atoms with Crippen molar-refractivity contribution in [1.82, 2.24) is 15.5 Å². The standard InChI is InChI=1S/C22H17Cl2N3O5/c1-22(7-6-17(28)26-21(22)32)27-19(30)13-4-2-11(8-14(13)20(27)31)10-25-18(29)12-3-5-15(23)16(24)9-12/h2-5,8-9H,6-7,10H2,1H3,(H,25,29)(H,26,28,32). The van der Waals surface area contributed by atoms with E-state index in [-0.39, 0.29) is 41.4 Å². The first-order valence-corrected chi connectivity index (χ1v) is 10.5. The van der Waals surface area contributed by atoms with Gasteiger partial charge in [0.25, 0.3) is 23.6 Å². The third-order valence-electron chi connectivity index (χ3n) is 5.66. The summed E-state index contributed by atoms with van der Waals surface area (Å²) in [5.41, 5.74) is -0.233. The van der Waals surface area contributed by atoms with Crippen LogP contribution in [0.1, 0.15) is 56.4 Å². The van der Waals surface area contributed by atoms with Crippen LogP contribution in [-0.2, 0) is 16.1 Å². The van der Waals surface area contributed by atoms with Crippen molar-refractivity contribution in [3.05, 3.63) is 68.7 Å². The topological polar surface area (TPSA) is 113 Å². The number of nitrogens with one attached hydrogen (secondary N) is 2. The number of carbonyl (C=O) groups is 5. The molecule has 2 aromatic rings. The Morgan fingerprint density at radius 1 is 1.03 bits per heavy atom. The van der Waals surface area contributed by atoms with Gasteiger partial charge < -0.3 is 5.32 Å². The summed E-state index contributed by atoms with van der Waals surface area (Å²) < 4.78 is 0. The van der Waals surface area contributed by atoms with E-state index in [4.69, 9.17) is 23.2 Å². The molecule has 2 aromatic carbocycles. The molecule has 2 aliphatic heterocycles. The number of halogens is 2. The first-order valence-electron chi connectivity index (χ1n) is 9.71. The van der Waals surface area contributed by atoms with Gasteiger partial charge in [0, 0.05) is 18.5 Å². The number of piperidine rings is 1. The van der Waals surface area contributed by atoms with Gasteiger partial charge >= 0.3 is 0 Å². The highest BCUT2D eigenvalue weighted by Crippen LogP contribution is 2.34. The Bertz CT molecular complexity index is 1210. The average molecular weight is 474 g/mol. The molecule has 32 heavy (non-hydrogen) atoms. The zero-order valence-electron chi connectivity index (χ0n) is 16.8. The Morgan fingerprint density at radius 3 is 2.44 bits per heavy atom. The lowest BCUT2D eigenvalue weighted by Crippen LogP contribution is -2.62. The van der Waals surface area contributed by atoms with Gasteiger partial charge in [0.05, 0.1) is 21.2 Å². The monoisotopic (exact) mass is 473 g/mol. The zero-order chi connectivity index (χ0) is 23.2. The SMILES string of the molecule is CC1(N2C(=O)c3ccc(CNC(=O)c4ccc(Cl)c(Cl)c4)cc3C2=O)CCC(=O)NC1=O. The molecule has 2 aliphatic rings. The molecule has 0 bridgehead atoms. The second kappa shape index (κ2) is 8.03. The van der Waals surface area contributed by atoms with E-state index in [1.807, 2.05) is 0 Å². The molecular formula is C22H17Cl2N3O5. The van der Waals surface area contributed by atoms with E-state index in [1.54, 1.807) is 6.07 Å². The van der Waals surface area contributed by atoms with Gasteiger partial charge in [-0.25, -0.2) is 0 Å². The third kappa shape index (κ3) is 3.65. The number of fused-ring (bicyclic) bond motifs is 1. The predicted molar refractivity (Wildman–Crippen MR) is 115 cm³/mol.